The number of para-hydroxylation sites is 1. The Hall–Kier alpha value is -3.84. The van der Waals surface area contributed by atoms with Crippen LogP contribution in [0.2, 0.25) is 5.02 Å². The van der Waals surface area contributed by atoms with Crippen LogP contribution in [0.4, 0.5) is 4.39 Å². The van der Waals surface area contributed by atoms with Crippen LogP contribution < -0.4 is 15.4 Å². The van der Waals surface area contributed by atoms with Crippen molar-refractivity contribution in [3.8, 4) is 5.75 Å². The summed E-state index contributed by atoms with van der Waals surface area (Å²) in [6.07, 6.45) is 2.12. The highest BCUT2D eigenvalue weighted by atomic mass is 35.5. The molecule has 0 aliphatic heterocycles. The van der Waals surface area contributed by atoms with E-state index >= 15 is 0 Å². The minimum absolute atomic E-state index is 0.190. The van der Waals surface area contributed by atoms with E-state index < -0.39 is 11.9 Å². The summed E-state index contributed by atoms with van der Waals surface area (Å²) in [5.41, 5.74) is 2.14. The first-order valence-corrected chi connectivity index (χ1v) is 11.2. The van der Waals surface area contributed by atoms with Gasteiger partial charge in [0.1, 0.15) is 24.2 Å². The molecular formula is C26H23ClFN3O3. The van der Waals surface area contributed by atoms with Gasteiger partial charge < -0.3 is 20.4 Å². The van der Waals surface area contributed by atoms with Crippen LogP contribution in [0.1, 0.15) is 15.9 Å². The van der Waals surface area contributed by atoms with E-state index in [2.05, 4.69) is 15.6 Å². The average Bonchev–Trinajstić information content (AvgIpc) is 3.25. The maximum atomic E-state index is 13.0. The van der Waals surface area contributed by atoms with Crippen molar-refractivity contribution in [1.29, 1.82) is 0 Å². The van der Waals surface area contributed by atoms with Crippen molar-refractivity contribution in [2.75, 3.05) is 13.2 Å². The SMILES string of the molecule is O=C(NC(Cc1c[nH]c2ccccc12)C(=O)NCCOc1ccc(F)cc1)c1ccccc1Cl. The number of fused-ring (bicyclic) bond motifs is 1. The average molecular weight is 480 g/mol. The van der Waals surface area contributed by atoms with Gasteiger partial charge in [0.05, 0.1) is 17.1 Å². The fourth-order valence-electron chi connectivity index (χ4n) is 3.61. The van der Waals surface area contributed by atoms with Crippen LogP contribution in [0.5, 0.6) is 5.75 Å². The Kier molecular flexibility index (Phi) is 7.44. The Morgan fingerprint density at radius 1 is 1.00 bits per heavy atom. The molecule has 8 heteroatoms. The van der Waals surface area contributed by atoms with E-state index in [0.29, 0.717) is 16.3 Å². The quantitative estimate of drug-likeness (QED) is 0.309. The molecule has 1 unspecified atom stereocenters. The predicted molar refractivity (Wildman–Crippen MR) is 130 cm³/mol. The van der Waals surface area contributed by atoms with E-state index in [4.69, 9.17) is 16.3 Å². The van der Waals surface area contributed by atoms with Crippen LogP contribution in [0.25, 0.3) is 10.9 Å². The third-order valence-corrected chi connectivity index (χ3v) is 5.65. The topological polar surface area (TPSA) is 83.2 Å². The molecule has 0 spiro atoms. The Morgan fingerprint density at radius 2 is 1.74 bits per heavy atom. The minimum atomic E-state index is -0.839. The highest BCUT2D eigenvalue weighted by molar-refractivity contribution is 6.33. The van der Waals surface area contributed by atoms with Crippen molar-refractivity contribution in [2.24, 2.45) is 0 Å². The molecule has 34 heavy (non-hydrogen) atoms. The van der Waals surface area contributed by atoms with E-state index in [-0.39, 0.29) is 31.3 Å². The minimum Gasteiger partial charge on any atom is -0.492 e. The standard InChI is InChI=1S/C26H23ClFN3O3/c27-22-7-3-1-6-21(22)25(32)31-24(15-17-16-30-23-8-4-2-5-20(17)23)26(33)29-13-14-34-19-11-9-18(28)10-12-19/h1-12,16,24,30H,13-15H2,(H,29,33)(H,31,32). The highest BCUT2D eigenvalue weighted by Gasteiger charge is 2.24. The zero-order valence-corrected chi connectivity index (χ0v) is 18.9. The van der Waals surface area contributed by atoms with E-state index in [0.717, 1.165) is 16.5 Å². The van der Waals surface area contributed by atoms with E-state index in [1.165, 1.54) is 24.3 Å². The number of H-pyrrole nitrogens is 1. The number of ether oxygens (including phenoxy) is 1. The molecular weight excluding hydrogens is 457 g/mol. The van der Waals surface area contributed by atoms with Crippen molar-refractivity contribution in [3.63, 3.8) is 0 Å². The summed E-state index contributed by atoms with van der Waals surface area (Å²) in [5, 5.41) is 6.89. The number of halogens is 2. The van der Waals surface area contributed by atoms with Crippen molar-refractivity contribution in [1.82, 2.24) is 15.6 Å². The van der Waals surface area contributed by atoms with Crippen LogP contribution in [-0.4, -0.2) is 36.0 Å². The van der Waals surface area contributed by atoms with E-state index in [1.807, 2.05) is 30.5 Å². The van der Waals surface area contributed by atoms with Crippen LogP contribution in [0.15, 0.2) is 79.0 Å². The summed E-state index contributed by atoms with van der Waals surface area (Å²) >= 11 is 6.17. The molecule has 0 aliphatic rings. The number of aromatic nitrogens is 1. The zero-order valence-electron chi connectivity index (χ0n) is 18.2. The summed E-state index contributed by atoms with van der Waals surface area (Å²) in [6, 6.07) is 19.2. The van der Waals surface area contributed by atoms with Crippen molar-refractivity contribution >= 4 is 34.3 Å². The second-order valence-electron chi connectivity index (χ2n) is 7.66. The van der Waals surface area contributed by atoms with Gasteiger partial charge in [0.2, 0.25) is 5.91 Å². The third kappa shape index (κ3) is 5.74. The van der Waals surface area contributed by atoms with Gasteiger partial charge in [-0.1, -0.05) is 41.9 Å². The fraction of sp³-hybridized carbons (Fsp3) is 0.154. The number of aromatic amines is 1. The largest absolute Gasteiger partial charge is 0.492 e. The molecule has 0 saturated heterocycles. The number of carbonyl (C=O) groups is 2. The van der Waals surface area contributed by atoms with Gasteiger partial charge >= 0.3 is 0 Å². The summed E-state index contributed by atoms with van der Waals surface area (Å²) in [5.74, 6) is -0.644. The van der Waals surface area contributed by atoms with Gasteiger partial charge in [-0.05, 0) is 48.0 Å². The van der Waals surface area contributed by atoms with E-state index in [9.17, 15) is 14.0 Å². The first kappa shape index (κ1) is 23.3. The highest BCUT2D eigenvalue weighted by Crippen LogP contribution is 2.20. The molecule has 0 fully saturated rings. The molecule has 0 saturated carbocycles. The molecule has 174 valence electrons. The van der Waals surface area contributed by atoms with Crippen LogP contribution in [-0.2, 0) is 11.2 Å². The predicted octanol–water partition coefficient (Wildman–Crippen LogP) is 4.50. The molecule has 0 radical (unpaired) electrons. The smallest absolute Gasteiger partial charge is 0.253 e. The van der Waals surface area contributed by atoms with Gasteiger partial charge in [-0.2, -0.15) is 0 Å². The zero-order chi connectivity index (χ0) is 23.9. The Morgan fingerprint density at radius 3 is 2.53 bits per heavy atom. The third-order valence-electron chi connectivity index (χ3n) is 5.32. The molecule has 1 aromatic heterocycles. The lowest BCUT2D eigenvalue weighted by molar-refractivity contribution is -0.123. The number of nitrogens with one attached hydrogen (secondary N) is 3. The lowest BCUT2D eigenvalue weighted by atomic mass is 10.0. The van der Waals surface area contributed by atoms with Crippen LogP contribution in [0.3, 0.4) is 0 Å². The van der Waals surface area contributed by atoms with Crippen LogP contribution >= 0.6 is 11.6 Å². The normalized spacial score (nSPS) is 11.7. The monoisotopic (exact) mass is 479 g/mol. The second kappa shape index (κ2) is 10.9. The maximum absolute atomic E-state index is 13.0. The van der Waals surface area contributed by atoms with Gasteiger partial charge in [-0.15, -0.1) is 0 Å². The second-order valence-corrected chi connectivity index (χ2v) is 8.07. The lowest BCUT2D eigenvalue weighted by Crippen LogP contribution is -2.48. The number of hydrogen-bond acceptors (Lipinski definition) is 3. The first-order valence-electron chi connectivity index (χ1n) is 10.8. The van der Waals surface area contributed by atoms with Gasteiger partial charge in [0.15, 0.2) is 0 Å². The number of hydrogen-bond donors (Lipinski definition) is 3. The number of amides is 2. The molecule has 1 atom stereocenters. The van der Waals surface area contributed by atoms with Crippen molar-refractivity contribution in [2.45, 2.75) is 12.5 Å². The molecule has 4 rings (SSSR count). The summed E-state index contributed by atoms with van der Waals surface area (Å²) < 4.78 is 18.5. The molecule has 2 amide bonds. The lowest BCUT2D eigenvalue weighted by Gasteiger charge is -2.19. The summed E-state index contributed by atoms with van der Waals surface area (Å²) in [6.45, 7) is 0.401. The summed E-state index contributed by atoms with van der Waals surface area (Å²) in [7, 11) is 0. The maximum Gasteiger partial charge on any atom is 0.253 e. The molecule has 3 aromatic carbocycles. The van der Waals surface area contributed by atoms with E-state index in [1.54, 1.807) is 24.3 Å². The Bertz CT molecular complexity index is 1290. The first-order chi connectivity index (χ1) is 16.5. The van der Waals surface area contributed by atoms with Crippen molar-refractivity contribution < 1.29 is 18.7 Å². The number of carbonyl (C=O) groups excluding carboxylic acids is 2. The van der Waals surface area contributed by atoms with Crippen molar-refractivity contribution in [3.05, 3.63) is 101 Å². The van der Waals surface area contributed by atoms with Gasteiger partial charge in [0, 0.05) is 23.5 Å². The Labute approximate surface area is 201 Å². The molecule has 0 bridgehead atoms. The fourth-order valence-corrected chi connectivity index (χ4v) is 3.83. The molecule has 0 aliphatic carbocycles. The van der Waals surface area contributed by atoms with Gasteiger partial charge in [0.25, 0.3) is 5.91 Å². The summed E-state index contributed by atoms with van der Waals surface area (Å²) in [4.78, 5) is 29.1. The molecule has 6 nitrogen and oxygen atoms in total. The molecule has 4 aromatic rings. The van der Waals surface area contributed by atoms with Crippen LogP contribution in [0, 0.1) is 5.82 Å². The Balaban J connectivity index is 1.44. The van der Waals surface area contributed by atoms with Gasteiger partial charge in [-0.25, -0.2) is 4.39 Å². The number of rotatable bonds is 9. The molecule has 3 N–H and O–H groups in total. The number of benzene rings is 3. The molecule has 1 heterocycles. The van der Waals surface area contributed by atoms with Gasteiger partial charge in [-0.3, -0.25) is 9.59 Å².